The zero-order chi connectivity index (χ0) is 20.9. The maximum Gasteiger partial charge on any atom is 0.260 e. The van der Waals surface area contributed by atoms with Gasteiger partial charge in [-0.05, 0) is 43.2 Å². The van der Waals surface area contributed by atoms with E-state index in [0.717, 1.165) is 11.0 Å². The lowest BCUT2D eigenvalue weighted by Crippen LogP contribution is -2.49. The van der Waals surface area contributed by atoms with Crippen molar-refractivity contribution >= 4 is 33.8 Å². The number of carbonyl (C=O) groups excluding carboxylic acids is 1. The molecule has 3 heterocycles. The predicted molar refractivity (Wildman–Crippen MR) is 118 cm³/mol. The molecule has 4 aromatic rings. The van der Waals surface area contributed by atoms with E-state index >= 15 is 0 Å². The number of aromatic nitrogens is 4. The number of H-pyrrole nitrogens is 1. The van der Waals surface area contributed by atoms with Crippen LogP contribution in [-0.4, -0.2) is 56.5 Å². The minimum atomic E-state index is -0.141. The standard InChI is InChI=1S/C23H22N6O2/c30-21-17-3-1-2-4-18(17)25-23(26-21)28-11-9-27(10-12-28)22(31)15-5-8-20-19(13-15)24-14-29(20)16-6-7-16/h1-5,8,13-14,16H,6-7,9-12H2,(H,25,26,30). The largest absolute Gasteiger partial charge is 0.339 e. The van der Waals surface area contributed by atoms with Gasteiger partial charge in [-0.25, -0.2) is 9.97 Å². The van der Waals surface area contributed by atoms with Gasteiger partial charge in [0, 0.05) is 37.8 Å². The highest BCUT2D eigenvalue weighted by Gasteiger charge is 2.26. The third-order valence-electron chi connectivity index (χ3n) is 6.23. The topological polar surface area (TPSA) is 87.1 Å². The average molecular weight is 414 g/mol. The lowest BCUT2D eigenvalue weighted by atomic mass is 10.1. The van der Waals surface area contributed by atoms with Crippen LogP contribution in [0, 0.1) is 0 Å². The first-order valence-electron chi connectivity index (χ1n) is 10.7. The third kappa shape index (κ3) is 3.15. The number of anilines is 1. The number of nitrogens with zero attached hydrogens (tertiary/aromatic N) is 5. The number of hydrogen-bond acceptors (Lipinski definition) is 5. The van der Waals surface area contributed by atoms with Crippen molar-refractivity contribution < 1.29 is 4.79 Å². The summed E-state index contributed by atoms with van der Waals surface area (Å²) < 4.78 is 2.21. The van der Waals surface area contributed by atoms with Gasteiger partial charge in [-0.15, -0.1) is 0 Å². The van der Waals surface area contributed by atoms with Crippen LogP contribution in [0.1, 0.15) is 29.2 Å². The lowest BCUT2D eigenvalue weighted by Gasteiger charge is -2.35. The number of imidazole rings is 1. The highest BCUT2D eigenvalue weighted by Crippen LogP contribution is 2.37. The maximum absolute atomic E-state index is 13.1. The van der Waals surface area contributed by atoms with Gasteiger partial charge in [0.25, 0.3) is 11.5 Å². The number of carbonyl (C=O) groups is 1. The summed E-state index contributed by atoms with van der Waals surface area (Å²) in [6.45, 7) is 2.38. The van der Waals surface area contributed by atoms with Gasteiger partial charge >= 0.3 is 0 Å². The summed E-state index contributed by atoms with van der Waals surface area (Å²) >= 11 is 0. The molecule has 1 N–H and O–H groups in total. The molecule has 0 spiro atoms. The smallest absolute Gasteiger partial charge is 0.260 e. The Balaban J connectivity index is 1.18. The minimum absolute atomic E-state index is 0.0162. The predicted octanol–water partition coefficient (Wildman–Crippen LogP) is 2.57. The molecule has 1 saturated heterocycles. The summed E-state index contributed by atoms with van der Waals surface area (Å²) in [5.74, 6) is 0.574. The molecule has 0 unspecified atom stereocenters. The van der Waals surface area contributed by atoms with Gasteiger partial charge in [0.05, 0.1) is 28.3 Å². The van der Waals surface area contributed by atoms with E-state index in [2.05, 4.69) is 19.5 Å². The monoisotopic (exact) mass is 414 g/mol. The quantitative estimate of drug-likeness (QED) is 0.557. The molecule has 1 aliphatic heterocycles. The van der Waals surface area contributed by atoms with Gasteiger partial charge < -0.3 is 14.4 Å². The maximum atomic E-state index is 13.1. The molecule has 2 aromatic carbocycles. The van der Waals surface area contributed by atoms with Crippen LogP contribution in [0.15, 0.2) is 53.6 Å². The Bertz CT molecular complexity index is 1360. The van der Waals surface area contributed by atoms with E-state index in [-0.39, 0.29) is 11.5 Å². The molecule has 8 nitrogen and oxygen atoms in total. The van der Waals surface area contributed by atoms with Crippen molar-refractivity contribution in [1.82, 2.24) is 24.4 Å². The van der Waals surface area contributed by atoms with E-state index in [0.29, 0.717) is 54.6 Å². The van der Waals surface area contributed by atoms with Crippen LogP contribution >= 0.6 is 0 Å². The van der Waals surface area contributed by atoms with Crippen molar-refractivity contribution in [2.24, 2.45) is 0 Å². The first kappa shape index (κ1) is 18.1. The van der Waals surface area contributed by atoms with E-state index in [1.807, 2.05) is 52.5 Å². The fourth-order valence-corrected chi connectivity index (χ4v) is 4.34. The SMILES string of the molecule is O=C(c1ccc2c(c1)ncn2C1CC1)N1CCN(c2nc3ccccc3c(=O)[nH]2)CC1. The van der Waals surface area contributed by atoms with Crippen molar-refractivity contribution in [2.45, 2.75) is 18.9 Å². The first-order valence-corrected chi connectivity index (χ1v) is 10.7. The van der Waals surface area contributed by atoms with E-state index in [1.54, 1.807) is 6.07 Å². The summed E-state index contributed by atoms with van der Waals surface area (Å²) in [5.41, 5.74) is 3.17. The zero-order valence-electron chi connectivity index (χ0n) is 17.0. The molecule has 2 fully saturated rings. The second-order valence-electron chi connectivity index (χ2n) is 8.27. The highest BCUT2D eigenvalue weighted by atomic mass is 16.2. The molecule has 0 bridgehead atoms. The Hall–Kier alpha value is -3.68. The summed E-state index contributed by atoms with van der Waals surface area (Å²) in [6, 6.07) is 13.7. The van der Waals surface area contributed by atoms with Crippen LogP contribution in [0.5, 0.6) is 0 Å². The van der Waals surface area contributed by atoms with Gasteiger partial charge in [-0.2, -0.15) is 0 Å². The molecule has 1 aliphatic carbocycles. The highest BCUT2D eigenvalue weighted by molar-refractivity contribution is 5.97. The fraction of sp³-hybridized carbons (Fsp3) is 0.304. The number of amides is 1. The van der Waals surface area contributed by atoms with Gasteiger partial charge in [0.2, 0.25) is 5.95 Å². The van der Waals surface area contributed by atoms with Crippen molar-refractivity contribution in [2.75, 3.05) is 31.1 Å². The normalized spacial score (nSPS) is 16.9. The van der Waals surface area contributed by atoms with Crippen LogP contribution in [0.4, 0.5) is 5.95 Å². The van der Waals surface area contributed by atoms with Gasteiger partial charge in [0.1, 0.15) is 0 Å². The number of rotatable bonds is 3. The van der Waals surface area contributed by atoms with Crippen molar-refractivity contribution in [3.05, 3.63) is 64.7 Å². The Labute approximate surface area is 178 Å². The van der Waals surface area contributed by atoms with Crippen molar-refractivity contribution in [1.29, 1.82) is 0 Å². The third-order valence-corrected chi connectivity index (χ3v) is 6.23. The lowest BCUT2D eigenvalue weighted by molar-refractivity contribution is 0.0746. The number of aromatic amines is 1. The van der Waals surface area contributed by atoms with E-state index < -0.39 is 0 Å². The van der Waals surface area contributed by atoms with Crippen molar-refractivity contribution in [3.8, 4) is 0 Å². The zero-order valence-corrected chi connectivity index (χ0v) is 17.0. The Morgan fingerprint density at radius 2 is 1.81 bits per heavy atom. The summed E-state index contributed by atoms with van der Waals surface area (Å²) in [4.78, 5) is 41.3. The molecule has 2 aromatic heterocycles. The number of benzene rings is 2. The Kier molecular flexibility index (Phi) is 4.05. The molecule has 31 heavy (non-hydrogen) atoms. The second-order valence-corrected chi connectivity index (χ2v) is 8.27. The molecule has 8 heteroatoms. The summed E-state index contributed by atoms with van der Waals surface area (Å²) in [5, 5.41) is 0.583. The van der Waals surface area contributed by atoms with E-state index in [4.69, 9.17) is 0 Å². The number of fused-ring (bicyclic) bond motifs is 2. The first-order chi connectivity index (χ1) is 15.2. The van der Waals surface area contributed by atoms with Gasteiger partial charge in [-0.3, -0.25) is 14.6 Å². The van der Waals surface area contributed by atoms with Crippen LogP contribution in [0.3, 0.4) is 0 Å². The molecule has 0 atom stereocenters. The number of piperazine rings is 1. The molecule has 1 amide bonds. The van der Waals surface area contributed by atoms with E-state index in [1.165, 1.54) is 12.8 Å². The summed E-state index contributed by atoms with van der Waals surface area (Å²) in [6.07, 6.45) is 4.29. The van der Waals surface area contributed by atoms with Crippen LogP contribution in [0.2, 0.25) is 0 Å². The molecule has 1 saturated carbocycles. The Morgan fingerprint density at radius 1 is 1.00 bits per heavy atom. The van der Waals surface area contributed by atoms with Gasteiger partial charge in [-0.1, -0.05) is 12.1 Å². The number of nitrogens with one attached hydrogen (secondary N) is 1. The van der Waals surface area contributed by atoms with Crippen molar-refractivity contribution in [3.63, 3.8) is 0 Å². The fourth-order valence-electron chi connectivity index (χ4n) is 4.34. The molecule has 0 radical (unpaired) electrons. The molecular weight excluding hydrogens is 392 g/mol. The van der Waals surface area contributed by atoms with E-state index in [9.17, 15) is 9.59 Å². The average Bonchev–Trinajstić information content (AvgIpc) is 3.57. The van der Waals surface area contributed by atoms with Crippen LogP contribution in [-0.2, 0) is 0 Å². The van der Waals surface area contributed by atoms with Crippen LogP contribution < -0.4 is 10.5 Å². The second kappa shape index (κ2) is 6.94. The Morgan fingerprint density at radius 3 is 2.61 bits per heavy atom. The molecular formula is C23H22N6O2. The molecule has 156 valence electrons. The minimum Gasteiger partial charge on any atom is -0.339 e. The number of hydrogen-bond donors (Lipinski definition) is 1. The number of para-hydroxylation sites is 1. The van der Waals surface area contributed by atoms with Crippen LogP contribution in [0.25, 0.3) is 21.9 Å². The molecule has 6 rings (SSSR count). The molecule has 2 aliphatic rings. The summed E-state index contributed by atoms with van der Waals surface area (Å²) in [7, 11) is 0. The van der Waals surface area contributed by atoms with Gasteiger partial charge in [0.15, 0.2) is 0 Å².